The second-order valence-corrected chi connectivity index (χ2v) is 8.53. The Morgan fingerprint density at radius 2 is 1.85 bits per heavy atom. The first-order valence-corrected chi connectivity index (χ1v) is 11.4. The van der Waals surface area contributed by atoms with Crippen molar-refractivity contribution in [2.45, 2.75) is 19.4 Å². The van der Waals surface area contributed by atoms with E-state index in [1.807, 2.05) is 35.7 Å². The minimum Gasteiger partial charge on any atom is -0.493 e. The van der Waals surface area contributed by atoms with Crippen LogP contribution in [-0.4, -0.2) is 43.2 Å². The van der Waals surface area contributed by atoms with Crippen molar-refractivity contribution in [3.8, 4) is 11.5 Å². The fourth-order valence-corrected chi connectivity index (χ4v) is 4.45. The number of thiophene rings is 1. The zero-order valence-electron chi connectivity index (χ0n) is 18.7. The van der Waals surface area contributed by atoms with E-state index in [2.05, 4.69) is 5.32 Å². The van der Waals surface area contributed by atoms with Crippen molar-refractivity contribution in [1.82, 2.24) is 5.01 Å². The third kappa shape index (κ3) is 4.90. The van der Waals surface area contributed by atoms with Gasteiger partial charge in [-0.15, -0.1) is 11.3 Å². The minimum absolute atomic E-state index is 0.00268. The lowest BCUT2D eigenvalue weighted by atomic mass is 10.0. The van der Waals surface area contributed by atoms with Crippen molar-refractivity contribution in [3.05, 3.63) is 76.0 Å². The van der Waals surface area contributed by atoms with Gasteiger partial charge in [-0.2, -0.15) is 5.10 Å². The highest BCUT2D eigenvalue weighted by molar-refractivity contribution is 7.12. The van der Waals surface area contributed by atoms with E-state index in [4.69, 9.17) is 14.6 Å². The largest absolute Gasteiger partial charge is 0.493 e. The molecule has 33 heavy (non-hydrogen) atoms. The predicted octanol–water partition coefficient (Wildman–Crippen LogP) is 4.76. The number of anilines is 1. The number of benzene rings is 2. The Morgan fingerprint density at radius 3 is 2.48 bits per heavy atom. The molecular weight excluding hydrogens is 438 g/mol. The number of nitrogens with one attached hydrogen (secondary N) is 1. The lowest BCUT2D eigenvalue weighted by molar-refractivity contribution is -0.131. The van der Waals surface area contributed by atoms with E-state index in [1.165, 1.54) is 6.92 Å². The van der Waals surface area contributed by atoms with Crippen molar-refractivity contribution in [2.24, 2.45) is 5.10 Å². The lowest BCUT2D eigenvalue weighted by Gasteiger charge is -2.23. The molecule has 0 bridgehead atoms. The van der Waals surface area contributed by atoms with Crippen molar-refractivity contribution in [1.29, 1.82) is 0 Å². The minimum atomic E-state index is -0.253. The summed E-state index contributed by atoms with van der Waals surface area (Å²) in [6.45, 7) is 1.60. The van der Waals surface area contributed by atoms with Gasteiger partial charge in [0, 0.05) is 17.7 Å². The van der Waals surface area contributed by atoms with Crippen LogP contribution in [0.15, 0.2) is 65.1 Å². The second kappa shape index (κ2) is 9.87. The summed E-state index contributed by atoms with van der Waals surface area (Å²) in [5.41, 5.74) is 3.19. The van der Waals surface area contributed by atoms with Crippen LogP contribution in [0.3, 0.4) is 0 Å². The second-order valence-electron chi connectivity index (χ2n) is 7.58. The Bertz CT molecular complexity index is 1170. The number of amides is 1. The van der Waals surface area contributed by atoms with Gasteiger partial charge in [0.15, 0.2) is 17.3 Å². The molecule has 2 heterocycles. The molecule has 2 aromatic carbocycles. The molecule has 0 fully saturated rings. The maximum absolute atomic E-state index is 13.2. The fourth-order valence-electron chi connectivity index (χ4n) is 3.73. The molecule has 0 saturated heterocycles. The molecule has 1 amide bonds. The number of hydrazone groups is 1. The summed E-state index contributed by atoms with van der Waals surface area (Å²) in [4.78, 5) is 25.7. The molecule has 1 N–H and O–H groups in total. The van der Waals surface area contributed by atoms with E-state index in [9.17, 15) is 9.59 Å². The van der Waals surface area contributed by atoms with Crippen LogP contribution in [0.25, 0.3) is 0 Å². The smallest absolute Gasteiger partial charge is 0.262 e. The van der Waals surface area contributed by atoms with Crippen LogP contribution in [-0.2, 0) is 4.79 Å². The molecule has 170 valence electrons. The van der Waals surface area contributed by atoms with Crippen LogP contribution in [0, 0.1) is 0 Å². The van der Waals surface area contributed by atoms with Gasteiger partial charge in [-0.25, -0.2) is 5.01 Å². The molecule has 3 aromatic rings. The van der Waals surface area contributed by atoms with Gasteiger partial charge in [0.25, 0.3) is 5.91 Å². The topological polar surface area (TPSA) is 80.2 Å². The lowest BCUT2D eigenvalue weighted by Crippen LogP contribution is -2.32. The number of ketones is 1. The summed E-state index contributed by atoms with van der Waals surface area (Å²) in [5, 5.41) is 11.4. The van der Waals surface area contributed by atoms with Crippen molar-refractivity contribution in [2.75, 3.05) is 26.1 Å². The molecule has 4 rings (SSSR count). The molecular formula is C25H25N3O4S. The van der Waals surface area contributed by atoms with Gasteiger partial charge >= 0.3 is 0 Å². The Balaban J connectivity index is 1.56. The van der Waals surface area contributed by atoms with E-state index in [-0.39, 0.29) is 24.3 Å². The molecule has 0 saturated carbocycles. The number of Topliss-reactive ketones (excluding diaryl/α,β-unsaturated/α-hetero) is 1. The fraction of sp³-hybridized carbons (Fsp3) is 0.240. The summed E-state index contributed by atoms with van der Waals surface area (Å²) in [6.07, 6.45) is 0.606. The van der Waals surface area contributed by atoms with Crippen molar-refractivity contribution in [3.63, 3.8) is 0 Å². The molecule has 0 radical (unpaired) electrons. The van der Waals surface area contributed by atoms with Gasteiger partial charge in [-0.3, -0.25) is 9.59 Å². The Morgan fingerprint density at radius 1 is 1.09 bits per heavy atom. The van der Waals surface area contributed by atoms with Gasteiger partial charge in [0.05, 0.1) is 37.4 Å². The van der Waals surface area contributed by atoms with E-state index in [0.717, 1.165) is 21.8 Å². The molecule has 1 aliphatic rings. The highest BCUT2D eigenvalue weighted by Gasteiger charge is 2.33. The predicted molar refractivity (Wildman–Crippen MR) is 130 cm³/mol. The van der Waals surface area contributed by atoms with Gasteiger partial charge in [-0.1, -0.05) is 12.1 Å². The SMILES string of the molecule is COc1ccc([C@@H]2CC(c3cccs3)=NN2C(=O)CNc2ccc(C(C)=O)cc2)cc1OC. The third-order valence-corrected chi connectivity index (χ3v) is 6.42. The molecule has 1 aliphatic heterocycles. The van der Waals surface area contributed by atoms with Gasteiger partial charge in [-0.05, 0) is 60.3 Å². The highest BCUT2D eigenvalue weighted by atomic mass is 32.1. The van der Waals surface area contributed by atoms with Crippen molar-refractivity contribution < 1.29 is 19.1 Å². The summed E-state index contributed by atoms with van der Waals surface area (Å²) in [6, 6.07) is 16.5. The van der Waals surface area contributed by atoms with E-state index >= 15 is 0 Å². The van der Waals surface area contributed by atoms with Crippen LogP contribution < -0.4 is 14.8 Å². The van der Waals surface area contributed by atoms with Crippen LogP contribution >= 0.6 is 11.3 Å². The van der Waals surface area contributed by atoms with Crippen LogP contribution in [0.5, 0.6) is 11.5 Å². The first kappa shape index (κ1) is 22.5. The van der Waals surface area contributed by atoms with Gasteiger partial charge < -0.3 is 14.8 Å². The van der Waals surface area contributed by atoms with Gasteiger partial charge in [0.2, 0.25) is 0 Å². The maximum Gasteiger partial charge on any atom is 0.262 e. The first-order chi connectivity index (χ1) is 16.0. The molecule has 0 aliphatic carbocycles. The molecule has 8 heteroatoms. The van der Waals surface area contributed by atoms with Crippen LogP contribution in [0.4, 0.5) is 5.69 Å². The van der Waals surface area contributed by atoms with Crippen molar-refractivity contribution >= 4 is 34.4 Å². The zero-order chi connectivity index (χ0) is 23.4. The monoisotopic (exact) mass is 463 g/mol. The number of nitrogens with zero attached hydrogens (tertiary/aromatic N) is 2. The average molecular weight is 464 g/mol. The maximum atomic E-state index is 13.2. The number of ether oxygens (including phenoxy) is 2. The Kier molecular flexibility index (Phi) is 6.74. The molecule has 7 nitrogen and oxygen atoms in total. The average Bonchev–Trinajstić information content (AvgIpc) is 3.52. The molecule has 0 spiro atoms. The quantitative estimate of drug-likeness (QED) is 0.487. The molecule has 1 atom stereocenters. The summed E-state index contributed by atoms with van der Waals surface area (Å²) >= 11 is 1.60. The number of carbonyl (C=O) groups is 2. The zero-order valence-corrected chi connectivity index (χ0v) is 19.5. The normalized spacial score (nSPS) is 15.2. The number of rotatable bonds is 8. The van der Waals surface area contributed by atoms with E-state index < -0.39 is 0 Å². The number of carbonyl (C=O) groups excluding carboxylic acids is 2. The Hall–Kier alpha value is -3.65. The van der Waals surface area contributed by atoms with Gasteiger partial charge in [0.1, 0.15) is 0 Å². The van der Waals surface area contributed by atoms with E-state index in [0.29, 0.717) is 23.5 Å². The number of hydrogen-bond acceptors (Lipinski definition) is 7. The number of methoxy groups -OCH3 is 2. The summed E-state index contributed by atoms with van der Waals surface area (Å²) < 4.78 is 10.8. The summed E-state index contributed by atoms with van der Waals surface area (Å²) in [5.74, 6) is 1.09. The van der Waals surface area contributed by atoms with Crippen LogP contribution in [0.1, 0.15) is 40.2 Å². The first-order valence-electron chi connectivity index (χ1n) is 10.5. The third-order valence-electron chi connectivity index (χ3n) is 5.50. The molecule has 1 aromatic heterocycles. The summed E-state index contributed by atoms with van der Waals surface area (Å²) in [7, 11) is 3.18. The number of hydrogen-bond donors (Lipinski definition) is 1. The van der Waals surface area contributed by atoms with Crippen LogP contribution in [0.2, 0.25) is 0 Å². The standard InChI is InChI=1S/C25H25N3O4S/c1-16(29)17-6-9-19(10-7-17)26-15-25(30)28-21(14-20(27-28)24-5-4-12-33-24)18-8-11-22(31-2)23(13-18)32-3/h4-13,21,26H,14-15H2,1-3H3/t21-/m0/s1. The highest BCUT2D eigenvalue weighted by Crippen LogP contribution is 2.37. The van der Waals surface area contributed by atoms with E-state index in [1.54, 1.807) is 54.8 Å². The Labute approximate surface area is 196 Å². The molecule has 0 unspecified atom stereocenters.